The second kappa shape index (κ2) is 14.6. The number of carboxylic acid groups (broad SMARTS) is 1. The predicted octanol–water partition coefficient (Wildman–Crippen LogP) is 6.00. The Labute approximate surface area is 270 Å². The summed E-state index contributed by atoms with van der Waals surface area (Å²) in [6, 6.07) is 18.7. The number of carboxylic acids is 1. The van der Waals surface area contributed by atoms with Crippen LogP contribution in [0.25, 0.3) is 0 Å². The zero-order valence-electron chi connectivity index (χ0n) is 24.2. The first-order chi connectivity index (χ1) is 21.8. The van der Waals surface area contributed by atoms with E-state index in [2.05, 4.69) is 4.72 Å². The Hall–Kier alpha value is -4.66. The van der Waals surface area contributed by atoms with E-state index in [1.54, 1.807) is 4.72 Å². The molecule has 0 saturated carbocycles. The Kier molecular flexibility index (Phi) is 10.9. The number of benzene rings is 4. The second-order valence-corrected chi connectivity index (χ2v) is 13.5. The minimum Gasteiger partial charge on any atom is -0.494 e. The third-order valence-corrected chi connectivity index (χ3v) is 9.38. The van der Waals surface area contributed by atoms with Gasteiger partial charge in [-0.25, -0.2) is 30.7 Å². The van der Waals surface area contributed by atoms with Crippen LogP contribution in [-0.2, 0) is 31.3 Å². The van der Waals surface area contributed by atoms with Crippen LogP contribution in [0.15, 0.2) is 94.7 Å². The van der Waals surface area contributed by atoms with E-state index in [-0.39, 0.29) is 22.1 Å². The number of anilines is 1. The van der Waals surface area contributed by atoms with Crippen molar-refractivity contribution < 1.29 is 45.4 Å². The molecule has 0 aliphatic heterocycles. The van der Waals surface area contributed by atoms with E-state index in [4.69, 9.17) is 21.1 Å². The molecule has 0 spiro atoms. The van der Waals surface area contributed by atoms with Crippen LogP contribution in [-0.4, -0.2) is 40.4 Å². The molecule has 4 aromatic carbocycles. The number of hydrogen-bond acceptors (Lipinski definition) is 8. The van der Waals surface area contributed by atoms with Gasteiger partial charge in [0, 0.05) is 0 Å². The Morgan fingerprint density at radius 2 is 1.54 bits per heavy atom. The third-order valence-electron chi connectivity index (χ3n) is 6.32. The maximum absolute atomic E-state index is 14.2. The minimum atomic E-state index is -4.55. The number of halogens is 2. The number of aromatic carboxylic acids is 1. The maximum Gasteiger partial charge on any atom is 0.337 e. The van der Waals surface area contributed by atoms with Crippen molar-refractivity contribution in [3.63, 3.8) is 0 Å². The molecule has 0 fully saturated rings. The number of carbonyl (C=O) groups excluding carboxylic acids is 1. The largest absolute Gasteiger partial charge is 0.494 e. The van der Waals surface area contributed by atoms with Crippen LogP contribution in [0, 0.1) is 5.82 Å². The Balaban J connectivity index is 1.45. The molecule has 0 aliphatic carbocycles. The topological polar surface area (TPSA) is 165 Å². The van der Waals surface area contributed by atoms with Gasteiger partial charge in [0.1, 0.15) is 22.1 Å². The van der Waals surface area contributed by atoms with Gasteiger partial charge in [0.2, 0.25) is 5.91 Å². The number of hydrogen-bond donors (Lipinski definition) is 3. The lowest BCUT2D eigenvalue weighted by Crippen LogP contribution is -2.32. The molecule has 46 heavy (non-hydrogen) atoms. The van der Waals surface area contributed by atoms with Crippen molar-refractivity contribution in [1.29, 1.82) is 0 Å². The number of ether oxygens (including phenoxy) is 2. The first-order valence-electron chi connectivity index (χ1n) is 13.7. The lowest BCUT2D eigenvalue weighted by molar-refractivity contribution is -0.118. The van der Waals surface area contributed by atoms with Crippen LogP contribution in [0.5, 0.6) is 17.2 Å². The van der Waals surface area contributed by atoms with Crippen LogP contribution in [0.4, 0.5) is 10.1 Å². The highest BCUT2D eigenvalue weighted by Gasteiger charge is 2.24. The molecule has 0 heterocycles. The summed E-state index contributed by atoms with van der Waals surface area (Å²) in [7, 11) is -8.70. The highest BCUT2D eigenvalue weighted by atomic mass is 35.5. The SMILES string of the molecule is CCCCOc1ccc(S(=O)(=O)Nc2ccc(Oc3cccc(CC(=O)NS(=O)(=O)c4cccc(Cl)c4F)c3)cc2C(=O)O)cc1. The number of amides is 1. The molecule has 15 heteroatoms. The number of carbonyl (C=O) groups is 2. The zero-order chi connectivity index (χ0) is 33.5. The number of sulfonamides is 2. The molecule has 0 bridgehead atoms. The molecule has 4 rings (SSSR count). The molecule has 0 aliphatic rings. The number of rotatable bonds is 14. The van der Waals surface area contributed by atoms with Crippen molar-refractivity contribution in [1.82, 2.24) is 4.72 Å². The van der Waals surface area contributed by atoms with Gasteiger partial charge in [-0.3, -0.25) is 9.52 Å². The average Bonchev–Trinajstić information content (AvgIpc) is 2.99. The van der Waals surface area contributed by atoms with E-state index in [0.29, 0.717) is 17.9 Å². The molecule has 0 aromatic heterocycles. The summed E-state index contributed by atoms with van der Waals surface area (Å²) in [6.07, 6.45) is 1.37. The summed E-state index contributed by atoms with van der Waals surface area (Å²) in [5.41, 5.74) is -0.276. The third kappa shape index (κ3) is 8.74. The Morgan fingerprint density at radius 1 is 0.870 bits per heavy atom. The van der Waals surface area contributed by atoms with E-state index >= 15 is 0 Å². The van der Waals surface area contributed by atoms with Gasteiger partial charge >= 0.3 is 5.97 Å². The van der Waals surface area contributed by atoms with Crippen molar-refractivity contribution in [2.45, 2.75) is 36.0 Å². The Bertz CT molecular complexity index is 1970. The molecule has 11 nitrogen and oxygen atoms in total. The van der Waals surface area contributed by atoms with Crippen LogP contribution in [0.3, 0.4) is 0 Å². The van der Waals surface area contributed by atoms with Gasteiger partial charge in [0.25, 0.3) is 20.0 Å². The quantitative estimate of drug-likeness (QED) is 0.135. The summed E-state index contributed by atoms with van der Waals surface area (Å²) in [6.45, 7) is 2.51. The molecule has 0 unspecified atom stereocenters. The second-order valence-electron chi connectivity index (χ2n) is 9.80. The van der Waals surface area contributed by atoms with E-state index in [1.165, 1.54) is 72.8 Å². The fourth-order valence-corrected chi connectivity index (χ4v) is 6.47. The molecule has 4 aromatic rings. The van der Waals surface area contributed by atoms with Gasteiger partial charge in [-0.05, 0) is 78.7 Å². The molecular weight excluding hydrogens is 663 g/mol. The first kappa shape index (κ1) is 34.2. The van der Waals surface area contributed by atoms with Gasteiger partial charge in [0.05, 0.1) is 34.2 Å². The maximum atomic E-state index is 14.2. The van der Waals surface area contributed by atoms with Crippen LogP contribution < -0.4 is 18.9 Å². The highest BCUT2D eigenvalue weighted by Crippen LogP contribution is 2.29. The van der Waals surface area contributed by atoms with Crippen LogP contribution in [0.2, 0.25) is 5.02 Å². The molecule has 0 saturated heterocycles. The highest BCUT2D eigenvalue weighted by molar-refractivity contribution is 7.92. The molecule has 242 valence electrons. The van der Waals surface area contributed by atoms with Crippen molar-refractivity contribution in [2.75, 3.05) is 11.3 Å². The van der Waals surface area contributed by atoms with E-state index in [0.717, 1.165) is 25.0 Å². The standard InChI is InChI=1S/C31H28ClFN2O9S2/c1-2-3-16-43-21-10-13-24(14-11-21)45(39,40)34-27-15-12-23(19-25(27)31(37)38)44-22-7-4-6-20(17-22)18-29(36)35-46(41,42)28-9-5-8-26(32)30(28)33/h4-15,17,19,34H,2-3,16,18H2,1H3,(H,35,36)(H,37,38). The average molecular weight is 691 g/mol. The zero-order valence-corrected chi connectivity index (χ0v) is 26.6. The fourth-order valence-electron chi connectivity index (χ4n) is 4.08. The summed E-state index contributed by atoms with van der Waals surface area (Å²) in [5, 5.41) is 9.36. The summed E-state index contributed by atoms with van der Waals surface area (Å²) in [5.74, 6) is -2.87. The van der Waals surface area contributed by atoms with Crippen molar-refractivity contribution in [2.24, 2.45) is 0 Å². The van der Waals surface area contributed by atoms with Gasteiger partial charge in [-0.1, -0.05) is 43.1 Å². The van der Waals surface area contributed by atoms with E-state index in [1.807, 2.05) is 6.92 Å². The molecule has 3 N–H and O–H groups in total. The smallest absolute Gasteiger partial charge is 0.337 e. The molecule has 0 radical (unpaired) electrons. The van der Waals surface area contributed by atoms with Crippen molar-refractivity contribution in [3.8, 4) is 17.2 Å². The van der Waals surface area contributed by atoms with Crippen LogP contribution >= 0.6 is 11.6 Å². The minimum absolute atomic E-state index is 0.0366. The van der Waals surface area contributed by atoms with E-state index in [9.17, 15) is 35.9 Å². The summed E-state index contributed by atoms with van der Waals surface area (Å²) < 4.78 is 80.5. The fraction of sp³-hybridized carbons (Fsp3) is 0.161. The van der Waals surface area contributed by atoms with Crippen LogP contribution in [0.1, 0.15) is 35.7 Å². The normalized spacial score (nSPS) is 11.5. The molecular formula is C31H28ClFN2O9S2. The molecule has 1 amide bonds. The Morgan fingerprint density at radius 3 is 2.24 bits per heavy atom. The van der Waals surface area contributed by atoms with Gasteiger partial charge in [0.15, 0.2) is 5.82 Å². The lowest BCUT2D eigenvalue weighted by atomic mass is 10.1. The number of nitrogens with one attached hydrogen (secondary N) is 2. The van der Waals surface area contributed by atoms with E-state index < -0.39 is 59.6 Å². The van der Waals surface area contributed by atoms with Gasteiger partial charge in [-0.2, -0.15) is 0 Å². The summed E-state index contributed by atoms with van der Waals surface area (Å²) in [4.78, 5) is 23.6. The molecule has 0 atom stereocenters. The van der Waals surface area contributed by atoms with Gasteiger partial charge < -0.3 is 14.6 Å². The number of unbranched alkanes of at least 4 members (excludes halogenated alkanes) is 1. The van der Waals surface area contributed by atoms with Crippen molar-refractivity contribution in [3.05, 3.63) is 107 Å². The predicted molar refractivity (Wildman–Crippen MR) is 168 cm³/mol. The van der Waals surface area contributed by atoms with Crippen molar-refractivity contribution >= 4 is 49.2 Å². The lowest BCUT2D eigenvalue weighted by Gasteiger charge is -2.14. The summed E-state index contributed by atoms with van der Waals surface area (Å²) >= 11 is 5.65. The van der Waals surface area contributed by atoms with Gasteiger partial charge in [-0.15, -0.1) is 0 Å². The first-order valence-corrected chi connectivity index (χ1v) is 17.0. The monoisotopic (exact) mass is 690 g/mol.